The first-order valence-corrected chi connectivity index (χ1v) is 7.35. The van der Waals surface area contributed by atoms with Gasteiger partial charge >= 0.3 is 0 Å². The molecular formula is C16H25NO3. The molecule has 1 aromatic carbocycles. The molecule has 112 valence electrons. The summed E-state index contributed by atoms with van der Waals surface area (Å²) >= 11 is 0. The normalized spacial score (nSPS) is 22.9. The molecule has 0 aromatic heterocycles. The number of rotatable bonds is 7. The number of likely N-dealkylation sites (tertiary alicyclic amines) is 1. The molecule has 0 bridgehead atoms. The fraction of sp³-hybridized carbons (Fsp3) is 0.625. The lowest BCUT2D eigenvalue weighted by Gasteiger charge is -2.20. The fourth-order valence-corrected chi connectivity index (χ4v) is 2.66. The van der Waals surface area contributed by atoms with E-state index in [0.717, 1.165) is 25.1 Å². The largest absolute Gasteiger partial charge is 0.393 e. The van der Waals surface area contributed by atoms with Crippen LogP contribution in [0, 0.1) is 5.92 Å². The first-order chi connectivity index (χ1) is 9.65. The van der Waals surface area contributed by atoms with Crippen LogP contribution in [0.1, 0.15) is 18.9 Å². The molecule has 0 amide bonds. The SMILES string of the molecule is CC(O)C1CCN(CC(O)COCc2ccccc2)C1. The third kappa shape index (κ3) is 4.87. The molecule has 3 unspecified atom stereocenters. The van der Waals surface area contributed by atoms with Crippen molar-refractivity contribution in [1.82, 2.24) is 4.90 Å². The van der Waals surface area contributed by atoms with Crippen LogP contribution in [0.15, 0.2) is 30.3 Å². The Morgan fingerprint density at radius 2 is 2.05 bits per heavy atom. The van der Waals surface area contributed by atoms with Gasteiger partial charge in [0.05, 0.1) is 25.4 Å². The summed E-state index contributed by atoms with van der Waals surface area (Å²) in [4.78, 5) is 2.20. The van der Waals surface area contributed by atoms with Crippen molar-refractivity contribution in [2.24, 2.45) is 5.92 Å². The minimum absolute atomic E-state index is 0.258. The van der Waals surface area contributed by atoms with Gasteiger partial charge in [-0.3, -0.25) is 0 Å². The second-order valence-corrected chi connectivity index (χ2v) is 5.70. The highest BCUT2D eigenvalue weighted by atomic mass is 16.5. The highest BCUT2D eigenvalue weighted by Crippen LogP contribution is 2.19. The number of β-amino-alcohol motifs (C(OH)–C–C–N with tert-alkyl or cyclic N) is 1. The van der Waals surface area contributed by atoms with Crippen LogP contribution in [-0.4, -0.2) is 53.6 Å². The zero-order valence-electron chi connectivity index (χ0n) is 12.1. The predicted molar refractivity (Wildman–Crippen MR) is 78.3 cm³/mol. The maximum absolute atomic E-state index is 9.98. The van der Waals surface area contributed by atoms with Crippen LogP contribution in [0.3, 0.4) is 0 Å². The van der Waals surface area contributed by atoms with Crippen LogP contribution in [-0.2, 0) is 11.3 Å². The van der Waals surface area contributed by atoms with Gasteiger partial charge in [0.15, 0.2) is 0 Å². The Hall–Kier alpha value is -0.940. The van der Waals surface area contributed by atoms with Gasteiger partial charge in [-0.05, 0) is 31.4 Å². The van der Waals surface area contributed by atoms with E-state index < -0.39 is 6.10 Å². The molecule has 0 aliphatic carbocycles. The van der Waals surface area contributed by atoms with Gasteiger partial charge in [0.25, 0.3) is 0 Å². The Morgan fingerprint density at radius 3 is 2.70 bits per heavy atom. The summed E-state index contributed by atoms with van der Waals surface area (Å²) < 4.78 is 5.54. The van der Waals surface area contributed by atoms with E-state index in [4.69, 9.17) is 4.74 Å². The zero-order valence-corrected chi connectivity index (χ0v) is 12.1. The number of hydrogen-bond donors (Lipinski definition) is 2. The summed E-state index contributed by atoms with van der Waals surface area (Å²) in [6.07, 6.45) is 0.285. The Kier molecular flexibility index (Phi) is 5.98. The van der Waals surface area contributed by atoms with E-state index in [1.165, 1.54) is 0 Å². The van der Waals surface area contributed by atoms with Gasteiger partial charge in [0.2, 0.25) is 0 Å². The molecule has 2 rings (SSSR count). The molecule has 1 aromatic rings. The van der Waals surface area contributed by atoms with Crippen LogP contribution in [0.25, 0.3) is 0 Å². The number of nitrogens with zero attached hydrogens (tertiary/aromatic N) is 1. The van der Waals surface area contributed by atoms with Crippen LogP contribution >= 0.6 is 0 Å². The van der Waals surface area contributed by atoms with E-state index in [2.05, 4.69) is 4.90 Å². The minimum atomic E-state index is -0.466. The molecule has 0 spiro atoms. The van der Waals surface area contributed by atoms with Crippen molar-refractivity contribution in [3.05, 3.63) is 35.9 Å². The van der Waals surface area contributed by atoms with Gasteiger partial charge in [-0.15, -0.1) is 0 Å². The average Bonchev–Trinajstić information content (AvgIpc) is 2.88. The minimum Gasteiger partial charge on any atom is -0.393 e. The highest BCUT2D eigenvalue weighted by molar-refractivity contribution is 5.13. The second-order valence-electron chi connectivity index (χ2n) is 5.70. The van der Waals surface area contributed by atoms with Crippen LogP contribution in [0.5, 0.6) is 0 Å². The first kappa shape index (κ1) is 15.4. The number of hydrogen-bond acceptors (Lipinski definition) is 4. The van der Waals surface area contributed by atoms with Gasteiger partial charge < -0.3 is 19.8 Å². The molecule has 2 N–H and O–H groups in total. The molecule has 4 nitrogen and oxygen atoms in total. The average molecular weight is 279 g/mol. The first-order valence-electron chi connectivity index (χ1n) is 7.35. The van der Waals surface area contributed by atoms with Gasteiger partial charge in [0.1, 0.15) is 0 Å². The quantitative estimate of drug-likeness (QED) is 0.789. The van der Waals surface area contributed by atoms with Gasteiger partial charge in [-0.1, -0.05) is 30.3 Å². The third-order valence-corrected chi connectivity index (χ3v) is 3.88. The van der Waals surface area contributed by atoms with Crippen molar-refractivity contribution in [2.45, 2.75) is 32.2 Å². The molecule has 1 aliphatic heterocycles. The van der Waals surface area contributed by atoms with Crippen LogP contribution in [0.2, 0.25) is 0 Å². The third-order valence-electron chi connectivity index (χ3n) is 3.88. The molecule has 0 radical (unpaired) electrons. The Bertz CT molecular complexity index is 383. The second kappa shape index (κ2) is 7.74. The number of aliphatic hydroxyl groups is 2. The van der Waals surface area contributed by atoms with E-state index in [0.29, 0.717) is 25.7 Å². The fourth-order valence-electron chi connectivity index (χ4n) is 2.66. The number of benzene rings is 1. The highest BCUT2D eigenvalue weighted by Gasteiger charge is 2.26. The lowest BCUT2D eigenvalue weighted by atomic mass is 10.0. The van der Waals surface area contributed by atoms with E-state index in [1.807, 2.05) is 37.3 Å². The van der Waals surface area contributed by atoms with Gasteiger partial charge in [-0.25, -0.2) is 0 Å². The monoisotopic (exact) mass is 279 g/mol. The van der Waals surface area contributed by atoms with Crippen molar-refractivity contribution < 1.29 is 14.9 Å². The summed E-state index contributed by atoms with van der Waals surface area (Å²) in [7, 11) is 0. The summed E-state index contributed by atoms with van der Waals surface area (Å²) in [6, 6.07) is 9.97. The lowest BCUT2D eigenvalue weighted by Crippen LogP contribution is -2.34. The molecular weight excluding hydrogens is 254 g/mol. The zero-order chi connectivity index (χ0) is 14.4. The van der Waals surface area contributed by atoms with E-state index in [1.54, 1.807) is 0 Å². The van der Waals surface area contributed by atoms with Crippen molar-refractivity contribution in [3.8, 4) is 0 Å². The van der Waals surface area contributed by atoms with Crippen LogP contribution in [0.4, 0.5) is 0 Å². The Balaban J connectivity index is 1.62. The predicted octanol–water partition coefficient (Wildman–Crippen LogP) is 1.27. The van der Waals surface area contributed by atoms with Crippen molar-refractivity contribution in [2.75, 3.05) is 26.2 Å². The molecule has 1 fully saturated rings. The molecule has 4 heteroatoms. The standard InChI is InChI=1S/C16H25NO3/c1-13(18)15-7-8-17(9-15)10-16(19)12-20-11-14-5-3-2-4-6-14/h2-6,13,15-16,18-19H,7-12H2,1H3. The molecule has 1 saturated heterocycles. The van der Waals surface area contributed by atoms with Gasteiger partial charge in [-0.2, -0.15) is 0 Å². The maximum Gasteiger partial charge on any atom is 0.0900 e. The summed E-state index contributed by atoms with van der Waals surface area (Å²) in [6.45, 7) is 5.17. The Labute approximate surface area is 121 Å². The molecule has 0 saturated carbocycles. The van der Waals surface area contributed by atoms with Crippen molar-refractivity contribution >= 4 is 0 Å². The van der Waals surface area contributed by atoms with Crippen molar-refractivity contribution in [3.63, 3.8) is 0 Å². The van der Waals surface area contributed by atoms with Gasteiger partial charge in [0, 0.05) is 13.1 Å². The maximum atomic E-state index is 9.98. The van der Waals surface area contributed by atoms with Crippen LogP contribution < -0.4 is 0 Å². The topological polar surface area (TPSA) is 52.9 Å². The molecule has 1 aliphatic rings. The number of ether oxygens (including phenoxy) is 1. The van der Waals surface area contributed by atoms with E-state index in [-0.39, 0.29) is 6.10 Å². The summed E-state index contributed by atoms with van der Waals surface area (Å²) in [5.41, 5.74) is 1.12. The summed E-state index contributed by atoms with van der Waals surface area (Å²) in [5, 5.41) is 19.5. The Morgan fingerprint density at radius 1 is 1.30 bits per heavy atom. The number of aliphatic hydroxyl groups excluding tert-OH is 2. The molecule has 20 heavy (non-hydrogen) atoms. The van der Waals surface area contributed by atoms with E-state index >= 15 is 0 Å². The van der Waals surface area contributed by atoms with E-state index in [9.17, 15) is 10.2 Å². The molecule has 1 heterocycles. The smallest absolute Gasteiger partial charge is 0.0900 e. The molecule has 3 atom stereocenters. The lowest BCUT2D eigenvalue weighted by molar-refractivity contribution is 0.0118. The summed E-state index contributed by atoms with van der Waals surface area (Å²) in [5.74, 6) is 0.340. The van der Waals surface area contributed by atoms with Crippen molar-refractivity contribution in [1.29, 1.82) is 0 Å².